The fourth-order valence-electron chi connectivity index (χ4n) is 7.67. The van der Waals surface area contributed by atoms with Gasteiger partial charge in [-0.05, 0) is 24.0 Å². The van der Waals surface area contributed by atoms with Gasteiger partial charge in [0.25, 0.3) is 0 Å². The summed E-state index contributed by atoms with van der Waals surface area (Å²) in [5.74, 6) is 0. The van der Waals surface area contributed by atoms with Crippen LogP contribution in [0.3, 0.4) is 0 Å². The van der Waals surface area contributed by atoms with Crippen molar-refractivity contribution in [3.05, 3.63) is 89.5 Å². The molecule has 0 spiro atoms. The summed E-state index contributed by atoms with van der Waals surface area (Å²) in [5, 5.41) is 0. The quantitative estimate of drug-likeness (QED) is 0.0462. The predicted octanol–water partition coefficient (Wildman–Crippen LogP) is 14.1. The monoisotopic (exact) mass is 670 g/mol. The van der Waals surface area contributed by atoms with Crippen molar-refractivity contribution in [1.29, 1.82) is 0 Å². The minimum atomic E-state index is 0.974. The fraction of sp³-hybridized carbons (Fsp3) is 0.681. The third-order valence-electron chi connectivity index (χ3n) is 10.7. The SMILES string of the molecule is CCCCCCCCCCCCCCCc1c(CCCCCCCCCCCCCCC)[n+](Cc2ccccc2)cn1Cc1ccccc1. The van der Waals surface area contributed by atoms with Gasteiger partial charge < -0.3 is 0 Å². The normalized spacial score (nSPS) is 11.5. The molecular formula is C47H77N2+. The Balaban J connectivity index is 1.50. The Morgan fingerprint density at radius 3 is 1.20 bits per heavy atom. The summed E-state index contributed by atoms with van der Waals surface area (Å²) in [6.45, 7) is 6.57. The lowest BCUT2D eigenvalue weighted by Gasteiger charge is -2.08. The van der Waals surface area contributed by atoms with Crippen LogP contribution in [0.15, 0.2) is 67.0 Å². The number of hydrogen-bond donors (Lipinski definition) is 0. The lowest BCUT2D eigenvalue weighted by Crippen LogP contribution is -2.37. The molecule has 3 aromatic rings. The summed E-state index contributed by atoms with van der Waals surface area (Å²) >= 11 is 0. The van der Waals surface area contributed by atoms with E-state index in [4.69, 9.17) is 0 Å². The standard InChI is InChI=1S/C47H77N2/c1-3-5-7-9-11-13-15-17-19-21-23-25-33-39-46-47(40-34-26-24-22-20-18-16-14-12-10-8-6-4-2)49(42-45-37-31-28-32-38-45)43-48(46)41-44-35-29-27-30-36-44/h27-32,35-38,43H,3-26,33-34,39-42H2,1-2H3/q+1. The number of imidazole rings is 1. The van der Waals surface area contributed by atoms with Crippen molar-refractivity contribution < 1.29 is 4.57 Å². The maximum absolute atomic E-state index is 2.61. The maximum Gasteiger partial charge on any atom is 0.244 e. The summed E-state index contributed by atoms with van der Waals surface area (Å²) in [6.07, 6.45) is 41.6. The average Bonchev–Trinajstić information content (AvgIpc) is 3.44. The van der Waals surface area contributed by atoms with Crippen molar-refractivity contribution in [3.63, 3.8) is 0 Å². The summed E-state index contributed by atoms with van der Waals surface area (Å²) in [5.41, 5.74) is 6.01. The maximum atomic E-state index is 2.61. The van der Waals surface area contributed by atoms with E-state index in [0.29, 0.717) is 0 Å². The molecule has 0 radical (unpaired) electrons. The van der Waals surface area contributed by atoms with Crippen LogP contribution in [-0.2, 0) is 25.9 Å². The van der Waals surface area contributed by atoms with Crippen LogP contribution in [0.4, 0.5) is 0 Å². The molecule has 0 saturated carbocycles. The van der Waals surface area contributed by atoms with Crippen LogP contribution in [0.2, 0.25) is 0 Å². The Bertz CT molecular complexity index is 1060. The number of nitrogens with zero attached hydrogens (tertiary/aromatic N) is 2. The van der Waals surface area contributed by atoms with Gasteiger partial charge in [-0.1, -0.05) is 229 Å². The highest BCUT2D eigenvalue weighted by molar-refractivity contribution is 5.18. The van der Waals surface area contributed by atoms with Crippen molar-refractivity contribution in [3.8, 4) is 0 Å². The van der Waals surface area contributed by atoms with Crippen LogP contribution in [0.1, 0.15) is 203 Å². The van der Waals surface area contributed by atoms with Gasteiger partial charge in [-0.3, -0.25) is 0 Å². The van der Waals surface area contributed by atoms with Crippen molar-refractivity contribution in [2.24, 2.45) is 0 Å². The molecule has 0 unspecified atom stereocenters. The highest BCUT2D eigenvalue weighted by atomic mass is 15.1. The van der Waals surface area contributed by atoms with E-state index in [2.05, 4.69) is 90.0 Å². The number of benzene rings is 2. The second-order valence-corrected chi connectivity index (χ2v) is 15.2. The molecule has 49 heavy (non-hydrogen) atoms. The molecule has 2 heteroatoms. The molecule has 3 rings (SSSR count). The van der Waals surface area contributed by atoms with E-state index < -0.39 is 0 Å². The molecule has 0 aliphatic carbocycles. The third kappa shape index (κ3) is 19.0. The number of unbranched alkanes of at least 4 members (excludes halogenated alkanes) is 24. The Labute approximate surface area is 304 Å². The molecule has 0 bridgehead atoms. The molecule has 0 atom stereocenters. The zero-order valence-electron chi connectivity index (χ0n) is 32.5. The Morgan fingerprint density at radius 1 is 0.408 bits per heavy atom. The van der Waals surface area contributed by atoms with Crippen molar-refractivity contribution in [2.45, 2.75) is 207 Å². The fourth-order valence-corrected chi connectivity index (χ4v) is 7.67. The highest BCUT2D eigenvalue weighted by Gasteiger charge is 2.23. The molecule has 0 saturated heterocycles. The van der Waals surface area contributed by atoms with Gasteiger partial charge in [-0.25, -0.2) is 9.13 Å². The van der Waals surface area contributed by atoms with E-state index in [1.807, 2.05) is 0 Å². The molecule has 1 aromatic heterocycles. The smallest absolute Gasteiger partial charge is 0.230 e. The zero-order chi connectivity index (χ0) is 34.5. The summed E-state index contributed by atoms with van der Waals surface area (Å²) in [6, 6.07) is 22.2. The van der Waals surface area contributed by atoms with Gasteiger partial charge in [0.15, 0.2) is 0 Å². The van der Waals surface area contributed by atoms with Crippen LogP contribution in [0, 0.1) is 0 Å². The van der Waals surface area contributed by atoms with Crippen molar-refractivity contribution in [2.75, 3.05) is 0 Å². The molecule has 0 amide bonds. The summed E-state index contributed by atoms with van der Waals surface area (Å²) < 4.78 is 5.22. The third-order valence-corrected chi connectivity index (χ3v) is 10.7. The lowest BCUT2D eigenvalue weighted by atomic mass is 10.0. The van der Waals surface area contributed by atoms with Gasteiger partial charge in [-0.15, -0.1) is 0 Å². The zero-order valence-corrected chi connectivity index (χ0v) is 32.5. The van der Waals surface area contributed by atoms with Crippen LogP contribution >= 0.6 is 0 Å². The van der Waals surface area contributed by atoms with Gasteiger partial charge in [0.05, 0.1) is 0 Å². The molecule has 0 aliphatic rings. The first-order chi connectivity index (χ1) is 24.3. The second kappa shape index (κ2) is 28.4. The van der Waals surface area contributed by atoms with E-state index in [0.717, 1.165) is 13.1 Å². The second-order valence-electron chi connectivity index (χ2n) is 15.2. The first-order valence-corrected chi connectivity index (χ1v) is 21.5. The Morgan fingerprint density at radius 2 is 0.776 bits per heavy atom. The minimum Gasteiger partial charge on any atom is -0.230 e. The summed E-state index contributed by atoms with van der Waals surface area (Å²) in [7, 11) is 0. The van der Waals surface area contributed by atoms with Crippen LogP contribution in [0.25, 0.3) is 0 Å². The van der Waals surface area contributed by atoms with E-state index in [9.17, 15) is 0 Å². The predicted molar refractivity (Wildman–Crippen MR) is 215 cm³/mol. The van der Waals surface area contributed by atoms with Crippen molar-refractivity contribution >= 4 is 0 Å². The van der Waals surface area contributed by atoms with Gasteiger partial charge in [0.2, 0.25) is 6.33 Å². The van der Waals surface area contributed by atoms with E-state index in [1.165, 1.54) is 191 Å². The van der Waals surface area contributed by atoms with E-state index in [-0.39, 0.29) is 0 Å². The van der Waals surface area contributed by atoms with Gasteiger partial charge in [-0.2, -0.15) is 0 Å². The molecule has 0 N–H and O–H groups in total. The Kier molecular flexibility index (Phi) is 23.8. The van der Waals surface area contributed by atoms with E-state index >= 15 is 0 Å². The van der Waals surface area contributed by atoms with Gasteiger partial charge >= 0.3 is 0 Å². The van der Waals surface area contributed by atoms with Crippen LogP contribution in [0.5, 0.6) is 0 Å². The molecule has 0 aliphatic heterocycles. The van der Waals surface area contributed by atoms with Crippen LogP contribution in [-0.4, -0.2) is 4.57 Å². The first kappa shape index (κ1) is 41.1. The summed E-state index contributed by atoms with van der Waals surface area (Å²) in [4.78, 5) is 0. The molecular weight excluding hydrogens is 593 g/mol. The number of hydrogen-bond acceptors (Lipinski definition) is 0. The lowest BCUT2D eigenvalue weighted by molar-refractivity contribution is -0.695. The van der Waals surface area contributed by atoms with Gasteiger partial charge in [0, 0.05) is 12.8 Å². The van der Waals surface area contributed by atoms with E-state index in [1.54, 1.807) is 11.4 Å². The number of aromatic nitrogens is 2. The molecule has 274 valence electrons. The molecule has 0 fully saturated rings. The van der Waals surface area contributed by atoms with Gasteiger partial charge in [0.1, 0.15) is 24.5 Å². The molecule has 2 nitrogen and oxygen atoms in total. The molecule has 1 heterocycles. The average molecular weight is 670 g/mol. The van der Waals surface area contributed by atoms with Crippen LogP contribution < -0.4 is 4.57 Å². The number of rotatable bonds is 32. The highest BCUT2D eigenvalue weighted by Crippen LogP contribution is 2.20. The topological polar surface area (TPSA) is 8.81 Å². The van der Waals surface area contributed by atoms with Crippen molar-refractivity contribution in [1.82, 2.24) is 4.57 Å². The largest absolute Gasteiger partial charge is 0.244 e. The first-order valence-electron chi connectivity index (χ1n) is 21.5. The molecule has 2 aromatic carbocycles. The Hall–Kier alpha value is -2.35. The minimum absolute atomic E-state index is 0.974.